The number of carbonyl (C=O) groups excluding carboxylic acids is 2. The zero-order chi connectivity index (χ0) is 19.5. The van der Waals surface area contributed by atoms with Crippen LogP contribution in [0.15, 0.2) is 45.7 Å². The fourth-order valence-electron chi connectivity index (χ4n) is 2.91. The highest BCUT2D eigenvalue weighted by molar-refractivity contribution is 5.94. The third-order valence-corrected chi connectivity index (χ3v) is 4.33. The van der Waals surface area contributed by atoms with E-state index in [4.69, 9.17) is 8.94 Å². The molecule has 0 bridgehead atoms. The Balaban J connectivity index is 1.38. The van der Waals surface area contributed by atoms with Gasteiger partial charge in [-0.15, -0.1) is 0 Å². The maximum Gasteiger partial charge on any atom is 0.289 e. The van der Waals surface area contributed by atoms with Crippen LogP contribution < -0.4 is 5.32 Å². The Labute approximate surface area is 160 Å². The Morgan fingerprint density at radius 3 is 2.50 bits per heavy atom. The molecule has 1 saturated heterocycles. The highest BCUT2D eigenvalue weighted by atomic mass is 16.5. The second-order valence-corrected chi connectivity index (χ2v) is 6.27. The van der Waals surface area contributed by atoms with Crippen molar-refractivity contribution in [3.8, 4) is 0 Å². The summed E-state index contributed by atoms with van der Waals surface area (Å²) in [6.45, 7) is 3.47. The van der Waals surface area contributed by atoms with Crippen LogP contribution in [-0.4, -0.2) is 62.9 Å². The van der Waals surface area contributed by atoms with E-state index in [1.807, 2.05) is 0 Å². The van der Waals surface area contributed by atoms with Crippen LogP contribution in [0.2, 0.25) is 0 Å². The van der Waals surface area contributed by atoms with E-state index in [-0.39, 0.29) is 23.5 Å². The Kier molecular flexibility index (Phi) is 4.75. The smallest absolute Gasteiger partial charge is 0.289 e. The first-order chi connectivity index (χ1) is 13.6. The van der Waals surface area contributed by atoms with Crippen molar-refractivity contribution in [2.24, 2.45) is 0 Å². The zero-order valence-corrected chi connectivity index (χ0v) is 15.2. The lowest BCUT2D eigenvalue weighted by Crippen LogP contribution is -2.50. The number of furan rings is 1. The number of aryl methyl sites for hydroxylation is 1. The Hall–Kier alpha value is -3.69. The molecule has 28 heavy (non-hydrogen) atoms. The lowest BCUT2D eigenvalue weighted by molar-refractivity contribution is 0.0515. The molecule has 0 radical (unpaired) electrons. The van der Waals surface area contributed by atoms with Gasteiger partial charge in [0.25, 0.3) is 11.8 Å². The number of nitrogens with one attached hydrogen (secondary N) is 1. The van der Waals surface area contributed by atoms with Gasteiger partial charge in [-0.05, 0) is 25.1 Å². The van der Waals surface area contributed by atoms with Crippen molar-refractivity contribution in [2.45, 2.75) is 6.92 Å². The van der Waals surface area contributed by atoms with Gasteiger partial charge in [0.05, 0.1) is 6.26 Å². The molecule has 1 aliphatic heterocycles. The molecule has 2 amide bonds. The summed E-state index contributed by atoms with van der Waals surface area (Å²) in [5.41, 5.74) is 0.267. The lowest BCUT2D eigenvalue weighted by Gasteiger charge is -2.34. The van der Waals surface area contributed by atoms with Gasteiger partial charge in [-0.3, -0.25) is 9.59 Å². The van der Waals surface area contributed by atoms with Gasteiger partial charge >= 0.3 is 0 Å². The average molecular weight is 382 g/mol. The molecule has 4 heterocycles. The van der Waals surface area contributed by atoms with Gasteiger partial charge in [0, 0.05) is 38.4 Å². The van der Waals surface area contributed by atoms with Crippen molar-refractivity contribution in [2.75, 3.05) is 31.5 Å². The molecule has 1 fully saturated rings. The number of aromatic nitrogens is 3. The summed E-state index contributed by atoms with van der Waals surface area (Å²) in [5, 5.41) is 6.71. The number of anilines is 2. The molecule has 10 heteroatoms. The van der Waals surface area contributed by atoms with E-state index in [0.717, 1.165) is 0 Å². The van der Waals surface area contributed by atoms with Crippen LogP contribution in [0, 0.1) is 6.92 Å². The molecule has 3 aromatic heterocycles. The van der Waals surface area contributed by atoms with Crippen molar-refractivity contribution in [1.29, 1.82) is 0 Å². The number of rotatable bonds is 4. The van der Waals surface area contributed by atoms with Gasteiger partial charge in [-0.2, -0.15) is 0 Å². The van der Waals surface area contributed by atoms with Gasteiger partial charge in [-0.1, -0.05) is 5.16 Å². The summed E-state index contributed by atoms with van der Waals surface area (Å²) in [4.78, 5) is 36.8. The minimum Gasteiger partial charge on any atom is -0.459 e. The van der Waals surface area contributed by atoms with E-state index >= 15 is 0 Å². The first kappa shape index (κ1) is 17.7. The second-order valence-electron chi connectivity index (χ2n) is 6.27. The molecule has 3 aromatic rings. The second kappa shape index (κ2) is 7.51. The molecule has 0 aliphatic carbocycles. The number of nitrogens with zero attached hydrogens (tertiary/aromatic N) is 5. The van der Waals surface area contributed by atoms with Crippen molar-refractivity contribution >= 4 is 23.6 Å². The summed E-state index contributed by atoms with van der Waals surface area (Å²) in [6, 6.07) is 6.56. The minimum absolute atomic E-state index is 0.173. The Morgan fingerprint density at radius 1 is 1.11 bits per heavy atom. The number of piperazine rings is 1. The van der Waals surface area contributed by atoms with Crippen LogP contribution in [-0.2, 0) is 0 Å². The predicted octanol–water partition coefficient (Wildman–Crippen LogP) is 1.71. The van der Waals surface area contributed by atoms with E-state index in [0.29, 0.717) is 43.5 Å². The molecule has 144 valence electrons. The zero-order valence-electron chi connectivity index (χ0n) is 15.2. The predicted molar refractivity (Wildman–Crippen MR) is 97.1 cm³/mol. The number of hydrogen-bond acceptors (Lipinski definition) is 8. The molecule has 4 rings (SSSR count). The molecule has 10 nitrogen and oxygen atoms in total. The molecule has 0 aromatic carbocycles. The fourth-order valence-corrected chi connectivity index (χ4v) is 2.91. The van der Waals surface area contributed by atoms with E-state index in [9.17, 15) is 9.59 Å². The quantitative estimate of drug-likeness (QED) is 0.725. The summed E-state index contributed by atoms with van der Waals surface area (Å²) >= 11 is 0. The van der Waals surface area contributed by atoms with Crippen LogP contribution in [0.4, 0.5) is 11.8 Å². The van der Waals surface area contributed by atoms with E-state index in [1.54, 1.807) is 41.0 Å². The van der Waals surface area contributed by atoms with Crippen LogP contribution in [0.1, 0.15) is 26.8 Å². The largest absolute Gasteiger partial charge is 0.459 e. The van der Waals surface area contributed by atoms with E-state index in [1.165, 1.54) is 12.5 Å². The van der Waals surface area contributed by atoms with Crippen LogP contribution in [0.5, 0.6) is 0 Å². The first-order valence-corrected chi connectivity index (χ1v) is 8.75. The average Bonchev–Trinajstić information content (AvgIpc) is 3.39. The molecule has 1 N–H and O–H groups in total. The summed E-state index contributed by atoms with van der Waals surface area (Å²) in [6.07, 6.45) is 2.97. The molecule has 1 aliphatic rings. The monoisotopic (exact) mass is 382 g/mol. The number of carbonyl (C=O) groups is 2. The third-order valence-electron chi connectivity index (χ3n) is 4.33. The molecule has 0 saturated carbocycles. The lowest BCUT2D eigenvalue weighted by atomic mass is 10.2. The maximum atomic E-state index is 12.8. The van der Waals surface area contributed by atoms with E-state index in [2.05, 4.69) is 20.4 Å². The first-order valence-electron chi connectivity index (χ1n) is 8.75. The fraction of sp³-hybridized carbons (Fsp3) is 0.278. The van der Waals surface area contributed by atoms with Gasteiger partial charge in [-0.25, -0.2) is 9.97 Å². The summed E-state index contributed by atoms with van der Waals surface area (Å²) in [7, 11) is 0. The standard InChI is InChI=1S/C18H18N6O4/c1-12-11-15(22-28-12)21-18-19-5-4-13(20-18)16(25)23-6-8-24(9-7-23)17(26)14-3-2-10-27-14/h2-5,10-11H,6-9H2,1H3,(H,19,20,21,22). The van der Waals surface area contributed by atoms with Crippen molar-refractivity contribution in [1.82, 2.24) is 24.9 Å². The molecule has 0 spiro atoms. The normalized spacial score (nSPS) is 14.2. The topological polar surface area (TPSA) is 118 Å². The minimum atomic E-state index is -0.216. The third kappa shape index (κ3) is 3.70. The molecule has 0 atom stereocenters. The van der Waals surface area contributed by atoms with Crippen molar-refractivity contribution in [3.05, 3.63) is 53.9 Å². The van der Waals surface area contributed by atoms with Crippen LogP contribution >= 0.6 is 0 Å². The molecular formula is C18H18N6O4. The summed E-state index contributed by atoms with van der Waals surface area (Å²) in [5.74, 6) is 1.28. The highest BCUT2D eigenvalue weighted by Crippen LogP contribution is 2.15. The van der Waals surface area contributed by atoms with Gasteiger partial charge in [0.15, 0.2) is 11.6 Å². The van der Waals surface area contributed by atoms with Crippen LogP contribution in [0.3, 0.4) is 0 Å². The number of hydrogen-bond donors (Lipinski definition) is 1. The maximum absolute atomic E-state index is 12.8. The molecular weight excluding hydrogens is 364 g/mol. The number of amides is 2. The Morgan fingerprint density at radius 2 is 1.86 bits per heavy atom. The SMILES string of the molecule is Cc1cc(Nc2nccc(C(=O)N3CCN(C(=O)c4ccco4)CC3)n2)no1. The highest BCUT2D eigenvalue weighted by Gasteiger charge is 2.27. The summed E-state index contributed by atoms with van der Waals surface area (Å²) < 4.78 is 10.1. The van der Waals surface area contributed by atoms with Gasteiger partial charge in [0.1, 0.15) is 11.5 Å². The van der Waals surface area contributed by atoms with Crippen molar-refractivity contribution in [3.63, 3.8) is 0 Å². The van der Waals surface area contributed by atoms with Gasteiger partial charge in [0.2, 0.25) is 5.95 Å². The molecule has 0 unspecified atom stereocenters. The van der Waals surface area contributed by atoms with E-state index < -0.39 is 0 Å². The van der Waals surface area contributed by atoms with Crippen molar-refractivity contribution < 1.29 is 18.5 Å². The van der Waals surface area contributed by atoms with Gasteiger partial charge < -0.3 is 24.1 Å². The Bertz CT molecular complexity index is 976. The van der Waals surface area contributed by atoms with Crippen LogP contribution in [0.25, 0.3) is 0 Å².